The van der Waals surface area contributed by atoms with Gasteiger partial charge in [0, 0.05) is 0 Å². The molecule has 0 aromatic carbocycles. The summed E-state index contributed by atoms with van der Waals surface area (Å²) in [4.78, 5) is 21.1. The van der Waals surface area contributed by atoms with Crippen molar-refractivity contribution in [3.63, 3.8) is 0 Å². The molecule has 0 bridgehead atoms. The van der Waals surface area contributed by atoms with Crippen molar-refractivity contribution in [1.82, 2.24) is 0 Å². The fourth-order valence-electron chi connectivity index (χ4n) is 0.914. The van der Waals surface area contributed by atoms with E-state index in [1.807, 2.05) is 0 Å². The SMILES string of the molecule is C=C(CC(C)C(=O)OC(C)(C)C)[N+](=O)[O-]. The van der Waals surface area contributed by atoms with E-state index in [9.17, 15) is 14.9 Å². The van der Waals surface area contributed by atoms with Crippen LogP contribution >= 0.6 is 0 Å². The summed E-state index contributed by atoms with van der Waals surface area (Å²) >= 11 is 0. The number of esters is 1. The largest absolute Gasteiger partial charge is 0.460 e. The molecule has 0 N–H and O–H groups in total. The number of nitro groups is 1. The van der Waals surface area contributed by atoms with Crippen molar-refractivity contribution in [3.8, 4) is 0 Å². The average Bonchev–Trinajstić information content (AvgIpc) is 2.00. The molecule has 0 heterocycles. The van der Waals surface area contributed by atoms with Gasteiger partial charge in [0.05, 0.1) is 17.3 Å². The Labute approximate surface area is 89.3 Å². The molecule has 0 rings (SSSR count). The summed E-state index contributed by atoms with van der Waals surface area (Å²) in [6, 6.07) is 0. The minimum absolute atomic E-state index is 0.0158. The van der Waals surface area contributed by atoms with Crippen LogP contribution in [0.3, 0.4) is 0 Å². The van der Waals surface area contributed by atoms with Gasteiger partial charge in [-0.3, -0.25) is 14.9 Å². The molecule has 0 aliphatic rings. The Balaban J connectivity index is 4.23. The fraction of sp³-hybridized carbons (Fsp3) is 0.700. The number of nitrogens with zero attached hydrogens (tertiary/aromatic N) is 1. The van der Waals surface area contributed by atoms with Crippen LogP contribution in [0.4, 0.5) is 0 Å². The van der Waals surface area contributed by atoms with Crippen LogP contribution in [-0.4, -0.2) is 16.5 Å². The summed E-state index contributed by atoms with van der Waals surface area (Å²) in [5.74, 6) is -0.979. The van der Waals surface area contributed by atoms with E-state index >= 15 is 0 Å². The van der Waals surface area contributed by atoms with E-state index in [0.717, 1.165) is 0 Å². The molecule has 0 aliphatic heterocycles. The molecule has 0 fully saturated rings. The van der Waals surface area contributed by atoms with Crippen molar-refractivity contribution in [2.45, 2.75) is 39.7 Å². The molecule has 1 atom stereocenters. The van der Waals surface area contributed by atoms with Crippen LogP contribution in [0.2, 0.25) is 0 Å². The molecule has 5 nitrogen and oxygen atoms in total. The summed E-state index contributed by atoms with van der Waals surface area (Å²) in [5.41, 5.74) is -0.741. The summed E-state index contributed by atoms with van der Waals surface area (Å²) in [5, 5.41) is 10.3. The maximum absolute atomic E-state index is 11.4. The maximum atomic E-state index is 11.4. The van der Waals surface area contributed by atoms with E-state index < -0.39 is 22.4 Å². The molecular weight excluding hydrogens is 198 g/mol. The average molecular weight is 215 g/mol. The van der Waals surface area contributed by atoms with Crippen LogP contribution in [0, 0.1) is 16.0 Å². The molecule has 0 saturated carbocycles. The monoisotopic (exact) mass is 215 g/mol. The molecule has 5 heteroatoms. The number of hydrogen-bond acceptors (Lipinski definition) is 4. The van der Waals surface area contributed by atoms with Gasteiger partial charge in [0.2, 0.25) is 5.70 Å². The predicted octanol–water partition coefficient (Wildman–Crippen LogP) is 2.14. The van der Waals surface area contributed by atoms with Crippen LogP contribution < -0.4 is 0 Å². The first kappa shape index (κ1) is 13.6. The van der Waals surface area contributed by atoms with Gasteiger partial charge in [0.1, 0.15) is 5.60 Å². The number of carbonyl (C=O) groups excluding carboxylic acids is 1. The van der Waals surface area contributed by atoms with Crippen molar-refractivity contribution in [2.75, 3.05) is 0 Å². The van der Waals surface area contributed by atoms with E-state index in [2.05, 4.69) is 6.58 Å². The molecule has 0 aromatic rings. The number of hydrogen-bond donors (Lipinski definition) is 0. The van der Waals surface area contributed by atoms with E-state index in [1.165, 1.54) is 0 Å². The Kier molecular flexibility index (Phi) is 4.45. The predicted molar refractivity (Wildman–Crippen MR) is 55.8 cm³/mol. The number of carbonyl (C=O) groups is 1. The Morgan fingerprint density at radius 2 is 2.00 bits per heavy atom. The van der Waals surface area contributed by atoms with Crippen LogP contribution in [0.25, 0.3) is 0 Å². The third kappa shape index (κ3) is 5.83. The van der Waals surface area contributed by atoms with Gasteiger partial charge in [0.25, 0.3) is 0 Å². The number of ether oxygens (including phenoxy) is 1. The van der Waals surface area contributed by atoms with Crippen LogP contribution in [0.15, 0.2) is 12.3 Å². The standard InChI is InChI=1S/C10H17NO4/c1-7(6-8(2)11(13)14)9(12)15-10(3,4)5/h7H,2,6H2,1,3-5H3. The lowest BCUT2D eigenvalue weighted by molar-refractivity contribution is -0.428. The lowest BCUT2D eigenvalue weighted by Crippen LogP contribution is -2.28. The highest BCUT2D eigenvalue weighted by Gasteiger charge is 2.24. The van der Waals surface area contributed by atoms with Crippen molar-refractivity contribution in [3.05, 3.63) is 22.4 Å². The second-order valence-electron chi connectivity index (χ2n) is 4.46. The summed E-state index contributed by atoms with van der Waals surface area (Å²) in [6.45, 7) is 10.1. The van der Waals surface area contributed by atoms with Gasteiger partial charge >= 0.3 is 5.97 Å². The van der Waals surface area contributed by atoms with Crippen LogP contribution in [-0.2, 0) is 9.53 Å². The minimum Gasteiger partial charge on any atom is -0.460 e. The van der Waals surface area contributed by atoms with Gasteiger partial charge in [0.15, 0.2) is 0 Å². The third-order valence-corrected chi connectivity index (χ3v) is 1.61. The van der Waals surface area contributed by atoms with E-state index in [1.54, 1.807) is 27.7 Å². The number of rotatable bonds is 4. The fourth-order valence-corrected chi connectivity index (χ4v) is 0.914. The highest BCUT2D eigenvalue weighted by atomic mass is 16.6. The highest BCUT2D eigenvalue weighted by molar-refractivity contribution is 5.72. The quantitative estimate of drug-likeness (QED) is 0.409. The molecule has 86 valence electrons. The lowest BCUT2D eigenvalue weighted by Gasteiger charge is -2.21. The smallest absolute Gasteiger partial charge is 0.309 e. The van der Waals surface area contributed by atoms with Crippen molar-refractivity contribution < 1.29 is 14.5 Å². The lowest BCUT2D eigenvalue weighted by atomic mass is 10.1. The Morgan fingerprint density at radius 1 is 1.53 bits per heavy atom. The van der Waals surface area contributed by atoms with Gasteiger partial charge in [-0.15, -0.1) is 0 Å². The van der Waals surface area contributed by atoms with Gasteiger partial charge < -0.3 is 4.74 Å². The van der Waals surface area contributed by atoms with Gasteiger partial charge in [-0.05, 0) is 27.4 Å². The van der Waals surface area contributed by atoms with Gasteiger partial charge in [-0.25, -0.2) is 0 Å². The topological polar surface area (TPSA) is 69.4 Å². The molecule has 15 heavy (non-hydrogen) atoms. The Morgan fingerprint density at radius 3 is 2.33 bits per heavy atom. The van der Waals surface area contributed by atoms with E-state index in [4.69, 9.17) is 4.74 Å². The third-order valence-electron chi connectivity index (χ3n) is 1.61. The first-order valence-corrected chi connectivity index (χ1v) is 4.68. The molecule has 0 spiro atoms. The van der Waals surface area contributed by atoms with Gasteiger partial charge in [-0.2, -0.15) is 0 Å². The number of allylic oxidation sites excluding steroid dienone is 1. The first-order chi connectivity index (χ1) is 6.63. The van der Waals surface area contributed by atoms with Crippen molar-refractivity contribution in [1.29, 1.82) is 0 Å². The molecule has 0 aromatic heterocycles. The summed E-state index contributed by atoms with van der Waals surface area (Å²) in [7, 11) is 0. The zero-order valence-corrected chi connectivity index (χ0v) is 9.57. The van der Waals surface area contributed by atoms with Crippen molar-refractivity contribution >= 4 is 5.97 Å². The summed E-state index contributed by atoms with van der Waals surface area (Å²) in [6.07, 6.45) is 0.0158. The van der Waals surface area contributed by atoms with Crippen molar-refractivity contribution in [2.24, 2.45) is 5.92 Å². The molecular formula is C10H17NO4. The highest BCUT2D eigenvalue weighted by Crippen LogP contribution is 2.16. The molecule has 0 amide bonds. The van der Waals surface area contributed by atoms with E-state index in [-0.39, 0.29) is 12.1 Å². The molecule has 0 radical (unpaired) electrons. The second-order valence-corrected chi connectivity index (χ2v) is 4.46. The Hall–Kier alpha value is -1.39. The Bertz CT molecular complexity index is 278. The zero-order valence-electron chi connectivity index (χ0n) is 9.57. The molecule has 1 unspecified atom stereocenters. The first-order valence-electron chi connectivity index (χ1n) is 4.68. The normalized spacial score (nSPS) is 13.1. The minimum atomic E-state index is -0.582. The van der Waals surface area contributed by atoms with Gasteiger partial charge in [-0.1, -0.05) is 6.92 Å². The van der Waals surface area contributed by atoms with E-state index in [0.29, 0.717) is 0 Å². The molecule has 0 saturated heterocycles. The maximum Gasteiger partial charge on any atom is 0.309 e. The summed E-state index contributed by atoms with van der Waals surface area (Å²) < 4.78 is 5.08. The van der Waals surface area contributed by atoms with Crippen LogP contribution in [0.1, 0.15) is 34.1 Å². The zero-order chi connectivity index (χ0) is 12.2. The second kappa shape index (κ2) is 4.91. The van der Waals surface area contributed by atoms with Crippen LogP contribution in [0.5, 0.6) is 0 Å². The molecule has 0 aliphatic carbocycles.